The molecule has 1 aliphatic carbocycles. The van der Waals surface area contributed by atoms with Crippen LogP contribution in [-0.4, -0.2) is 53.6 Å². The van der Waals surface area contributed by atoms with E-state index in [1.807, 2.05) is 24.3 Å². The molecule has 30 heavy (non-hydrogen) atoms. The molecule has 3 heterocycles. The van der Waals surface area contributed by atoms with E-state index in [-0.39, 0.29) is 18.4 Å². The highest BCUT2D eigenvalue weighted by atomic mass is 16.5. The molecule has 0 saturated heterocycles. The molecule has 5 rings (SSSR count). The van der Waals surface area contributed by atoms with Crippen LogP contribution in [-0.2, 0) is 4.79 Å². The molecule has 1 unspecified atom stereocenters. The molecule has 1 fully saturated rings. The Hall–Kier alpha value is -3.42. The second kappa shape index (κ2) is 6.83. The van der Waals surface area contributed by atoms with Gasteiger partial charge < -0.3 is 19.1 Å². The van der Waals surface area contributed by atoms with Crippen LogP contribution in [0.5, 0.6) is 5.75 Å². The molecule has 8 heteroatoms. The summed E-state index contributed by atoms with van der Waals surface area (Å²) in [6, 6.07) is 9.12. The summed E-state index contributed by atoms with van der Waals surface area (Å²) in [7, 11) is 3.35. The molecule has 154 valence electrons. The van der Waals surface area contributed by atoms with E-state index in [9.17, 15) is 9.59 Å². The minimum absolute atomic E-state index is 0.125. The van der Waals surface area contributed by atoms with E-state index in [0.29, 0.717) is 39.7 Å². The quantitative estimate of drug-likeness (QED) is 0.665. The van der Waals surface area contributed by atoms with Crippen molar-refractivity contribution in [1.29, 1.82) is 0 Å². The summed E-state index contributed by atoms with van der Waals surface area (Å²) < 4.78 is 11.3. The number of aromatic nitrogens is 2. The van der Waals surface area contributed by atoms with Crippen molar-refractivity contribution in [1.82, 2.24) is 15.0 Å². The minimum atomic E-state index is -0.775. The first-order valence-corrected chi connectivity index (χ1v) is 9.99. The van der Waals surface area contributed by atoms with Gasteiger partial charge in [0.15, 0.2) is 6.10 Å². The maximum absolute atomic E-state index is 13.8. The van der Waals surface area contributed by atoms with Crippen molar-refractivity contribution in [2.24, 2.45) is 0 Å². The maximum atomic E-state index is 13.8. The molecular formula is C22H22N4O4. The number of hydrogen-bond acceptors (Lipinski definition) is 6. The van der Waals surface area contributed by atoms with Gasteiger partial charge in [0.05, 0.1) is 28.9 Å². The van der Waals surface area contributed by atoms with Crippen molar-refractivity contribution in [3.8, 4) is 5.75 Å². The highest BCUT2D eigenvalue weighted by Crippen LogP contribution is 2.41. The largest absolute Gasteiger partial charge is 0.476 e. The van der Waals surface area contributed by atoms with Crippen LogP contribution in [0, 0.1) is 6.92 Å². The van der Waals surface area contributed by atoms with Gasteiger partial charge in [-0.25, -0.2) is 4.98 Å². The number of fused-ring (bicyclic) bond motifs is 2. The van der Waals surface area contributed by atoms with E-state index in [0.717, 1.165) is 18.5 Å². The lowest BCUT2D eigenvalue weighted by molar-refractivity contribution is -0.135. The number of carbonyl (C=O) groups excluding carboxylic acids is 2. The Labute approximate surface area is 173 Å². The SMILES string of the molecule is Cc1noc2nc(C3CC3)cc(C(=O)N3CC(C(=O)N(C)C)Oc4ccccc43)c12. The Balaban J connectivity index is 1.62. The Bertz CT molecular complexity index is 1170. The normalized spacial score (nSPS) is 18.1. The van der Waals surface area contributed by atoms with Gasteiger partial charge in [-0.05, 0) is 38.0 Å². The summed E-state index contributed by atoms with van der Waals surface area (Å²) in [4.78, 5) is 34.1. The van der Waals surface area contributed by atoms with Crippen LogP contribution in [0.1, 0.15) is 40.5 Å². The van der Waals surface area contributed by atoms with Crippen molar-refractivity contribution in [2.45, 2.75) is 31.8 Å². The van der Waals surface area contributed by atoms with Crippen molar-refractivity contribution in [3.05, 3.63) is 47.3 Å². The summed E-state index contributed by atoms with van der Waals surface area (Å²) in [5, 5.41) is 4.64. The van der Waals surface area contributed by atoms with Gasteiger partial charge in [0.1, 0.15) is 5.75 Å². The number of nitrogens with zero attached hydrogens (tertiary/aromatic N) is 4. The fourth-order valence-electron chi connectivity index (χ4n) is 3.86. The second-order valence-electron chi connectivity index (χ2n) is 8.04. The molecule has 1 aliphatic heterocycles. The number of likely N-dealkylation sites (N-methyl/N-ethyl adjacent to an activating group) is 1. The number of aryl methyl sites for hydroxylation is 1. The number of anilines is 1. The lowest BCUT2D eigenvalue weighted by atomic mass is 10.0. The molecule has 0 bridgehead atoms. The third-order valence-corrected chi connectivity index (χ3v) is 5.60. The molecule has 2 aromatic heterocycles. The summed E-state index contributed by atoms with van der Waals surface area (Å²) in [5.41, 5.74) is 2.98. The first-order valence-electron chi connectivity index (χ1n) is 9.99. The van der Waals surface area contributed by atoms with Crippen LogP contribution < -0.4 is 9.64 Å². The molecule has 0 radical (unpaired) electrons. The standard InChI is InChI=1S/C22H22N4O4/c1-12-19-14(10-15(13-8-9-13)23-20(19)30-24-12)21(27)26-11-18(22(28)25(2)3)29-17-7-5-4-6-16(17)26/h4-7,10,13,18H,8-9,11H2,1-3H3. The summed E-state index contributed by atoms with van der Waals surface area (Å²) >= 11 is 0. The van der Waals surface area contributed by atoms with E-state index in [2.05, 4.69) is 10.1 Å². The average molecular weight is 406 g/mol. The minimum Gasteiger partial charge on any atom is -0.476 e. The number of benzene rings is 1. The van der Waals surface area contributed by atoms with Crippen LogP contribution in [0.4, 0.5) is 5.69 Å². The van der Waals surface area contributed by atoms with Gasteiger partial charge in [-0.2, -0.15) is 0 Å². The molecule has 0 spiro atoms. The Morgan fingerprint density at radius 2 is 1.97 bits per heavy atom. The average Bonchev–Trinajstić information content (AvgIpc) is 3.54. The molecule has 0 N–H and O–H groups in total. The first-order chi connectivity index (χ1) is 14.4. The summed E-state index contributed by atoms with van der Waals surface area (Å²) in [6.45, 7) is 1.92. The van der Waals surface area contributed by atoms with Crippen molar-refractivity contribution in [3.63, 3.8) is 0 Å². The molecule has 3 aromatic rings. The highest BCUT2D eigenvalue weighted by Gasteiger charge is 2.37. The predicted octanol–water partition coefficient (Wildman–Crippen LogP) is 2.90. The molecule has 1 atom stereocenters. The third-order valence-electron chi connectivity index (χ3n) is 5.60. The predicted molar refractivity (Wildman–Crippen MR) is 110 cm³/mol. The van der Waals surface area contributed by atoms with E-state index < -0.39 is 6.10 Å². The maximum Gasteiger partial charge on any atom is 0.265 e. The van der Waals surface area contributed by atoms with Crippen LogP contribution >= 0.6 is 0 Å². The number of rotatable bonds is 3. The smallest absolute Gasteiger partial charge is 0.265 e. The van der Waals surface area contributed by atoms with E-state index >= 15 is 0 Å². The van der Waals surface area contributed by atoms with Gasteiger partial charge in [0.25, 0.3) is 17.5 Å². The van der Waals surface area contributed by atoms with E-state index in [1.165, 1.54) is 4.90 Å². The Morgan fingerprint density at radius 3 is 2.70 bits per heavy atom. The van der Waals surface area contributed by atoms with Crippen LogP contribution in [0.3, 0.4) is 0 Å². The Kier molecular flexibility index (Phi) is 4.23. The second-order valence-corrected chi connectivity index (χ2v) is 8.04. The molecule has 2 aliphatic rings. The van der Waals surface area contributed by atoms with Gasteiger partial charge in [0.2, 0.25) is 0 Å². The van der Waals surface area contributed by atoms with Gasteiger partial charge in [0, 0.05) is 25.7 Å². The molecule has 1 aromatic carbocycles. The van der Waals surface area contributed by atoms with Crippen molar-refractivity contribution < 1.29 is 18.8 Å². The molecular weight excluding hydrogens is 384 g/mol. The fraction of sp³-hybridized carbons (Fsp3) is 0.364. The number of ether oxygens (including phenoxy) is 1. The Morgan fingerprint density at radius 1 is 1.20 bits per heavy atom. The van der Waals surface area contributed by atoms with Crippen molar-refractivity contribution in [2.75, 3.05) is 25.5 Å². The number of hydrogen-bond donors (Lipinski definition) is 0. The lowest BCUT2D eigenvalue weighted by Crippen LogP contribution is -2.50. The monoisotopic (exact) mass is 406 g/mol. The van der Waals surface area contributed by atoms with Crippen LogP contribution in [0.15, 0.2) is 34.9 Å². The van der Waals surface area contributed by atoms with Gasteiger partial charge >= 0.3 is 0 Å². The highest BCUT2D eigenvalue weighted by molar-refractivity contribution is 6.14. The first kappa shape index (κ1) is 18.6. The number of pyridine rings is 1. The van der Waals surface area contributed by atoms with E-state index in [4.69, 9.17) is 9.26 Å². The van der Waals surface area contributed by atoms with E-state index in [1.54, 1.807) is 32.0 Å². The molecule has 8 nitrogen and oxygen atoms in total. The zero-order valence-electron chi connectivity index (χ0n) is 17.1. The number of para-hydroxylation sites is 2. The molecule has 1 saturated carbocycles. The van der Waals surface area contributed by atoms with Gasteiger partial charge in [-0.1, -0.05) is 17.3 Å². The zero-order valence-corrected chi connectivity index (χ0v) is 17.1. The van der Waals surface area contributed by atoms with Gasteiger partial charge in [-0.15, -0.1) is 0 Å². The topological polar surface area (TPSA) is 88.8 Å². The van der Waals surface area contributed by atoms with Crippen molar-refractivity contribution >= 4 is 28.6 Å². The lowest BCUT2D eigenvalue weighted by Gasteiger charge is -2.35. The zero-order chi connectivity index (χ0) is 21.0. The summed E-state index contributed by atoms with van der Waals surface area (Å²) in [6.07, 6.45) is 1.33. The fourth-order valence-corrected chi connectivity index (χ4v) is 3.86. The van der Waals surface area contributed by atoms with Crippen LogP contribution in [0.25, 0.3) is 11.1 Å². The number of amides is 2. The van der Waals surface area contributed by atoms with Crippen LogP contribution in [0.2, 0.25) is 0 Å². The summed E-state index contributed by atoms with van der Waals surface area (Å²) in [5.74, 6) is 0.448. The van der Waals surface area contributed by atoms with Gasteiger partial charge in [-0.3, -0.25) is 9.59 Å². The molecule has 2 amide bonds. The third kappa shape index (κ3) is 2.99. The number of carbonyl (C=O) groups is 2.